The minimum atomic E-state index is -0.197. The first-order valence-electron chi connectivity index (χ1n) is 13.4. The molecule has 7 nitrogen and oxygen atoms in total. The predicted molar refractivity (Wildman–Crippen MR) is 161 cm³/mol. The topological polar surface area (TPSA) is 66.3 Å². The fraction of sp³-hybridized carbons (Fsp3) is 0.414. The van der Waals surface area contributed by atoms with Crippen molar-refractivity contribution in [2.75, 3.05) is 42.9 Å². The molecule has 2 aromatic heterocycles. The molecule has 3 heterocycles. The van der Waals surface area contributed by atoms with Gasteiger partial charge in [-0.05, 0) is 56.1 Å². The molecule has 5 rings (SSSR count). The van der Waals surface area contributed by atoms with E-state index in [4.69, 9.17) is 23.2 Å². The summed E-state index contributed by atoms with van der Waals surface area (Å²) in [4.78, 5) is 27.2. The molecule has 9 heteroatoms. The van der Waals surface area contributed by atoms with Gasteiger partial charge in [0.2, 0.25) is 5.95 Å². The first-order chi connectivity index (χ1) is 18.4. The largest absolute Gasteiger partial charge is 0.369 e. The summed E-state index contributed by atoms with van der Waals surface area (Å²) in [5.41, 5.74) is 3.51. The van der Waals surface area contributed by atoms with Gasteiger partial charge in [-0.2, -0.15) is 4.98 Å². The first kappa shape index (κ1) is 28.1. The van der Waals surface area contributed by atoms with E-state index in [9.17, 15) is 4.79 Å². The summed E-state index contributed by atoms with van der Waals surface area (Å²) in [5.74, 6) is 0.430. The molecule has 1 saturated heterocycles. The van der Waals surface area contributed by atoms with Crippen LogP contribution in [0.5, 0.6) is 0 Å². The number of hydrogen-bond acceptors (Lipinski definition) is 6. The van der Waals surface area contributed by atoms with Crippen LogP contribution in [0, 0.1) is 0 Å². The smallest absolute Gasteiger partial charge is 0.259 e. The fourth-order valence-corrected chi connectivity index (χ4v) is 5.56. The molecule has 202 valence electrons. The van der Waals surface area contributed by atoms with Crippen LogP contribution in [0.2, 0.25) is 0 Å². The van der Waals surface area contributed by atoms with Crippen molar-refractivity contribution in [2.24, 2.45) is 7.05 Å². The number of aryl methyl sites for hydroxylation is 1. The fourth-order valence-electron chi connectivity index (χ4n) is 4.87. The lowest BCUT2D eigenvalue weighted by atomic mass is 9.99. The summed E-state index contributed by atoms with van der Waals surface area (Å²) in [6.45, 7) is 11.7. The number of fused-ring (bicyclic) bond motifs is 1. The number of anilines is 3. The standard InChI is InChI=1S/C27H30Cl2N6O.C2H6/c1-3-11-34-12-14-35(15-13-34)20-9-7-19(8-10-20)31-27-30-17-18-16-21(26(36)33(2)25(18)32-27)24-22(28)5-4-6-23(24)29;1-2/h5,7-10,16-17H,3-4,6,11-15H2,1-2H3,(H,30,31,32);1-2H3. The van der Waals surface area contributed by atoms with Crippen molar-refractivity contribution in [3.8, 4) is 0 Å². The van der Waals surface area contributed by atoms with Crippen molar-refractivity contribution < 1.29 is 0 Å². The Morgan fingerprint density at radius 3 is 2.42 bits per heavy atom. The van der Waals surface area contributed by atoms with Gasteiger partial charge in [0.15, 0.2) is 0 Å². The molecule has 1 aliphatic heterocycles. The van der Waals surface area contributed by atoms with Crippen molar-refractivity contribution in [1.82, 2.24) is 19.4 Å². The molecule has 1 fully saturated rings. The van der Waals surface area contributed by atoms with Crippen LogP contribution in [0.25, 0.3) is 16.6 Å². The number of halogens is 2. The zero-order valence-corrected chi connectivity index (χ0v) is 24.1. The van der Waals surface area contributed by atoms with Crippen molar-refractivity contribution in [1.29, 1.82) is 0 Å². The van der Waals surface area contributed by atoms with Gasteiger partial charge in [-0.15, -0.1) is 0 Å². The number of allylic oxidation sites excluding steroid dienone is 4. The van der Waals surface area contributed by atoms with Crippen molar-refractivity contribution in [2.45, 2.75) is 40.0 Å². The van der Waals surface area contributed by atoms with Crippen molar-refractivity contribution in [3.05, 3.63) is 68.6 Å². The second kappa shape index (κ2) is 12.8. The molecule has 0 amide bonds. The van der Waals surface area contributed by atoms with Crippen LogP contribution in [-0.4, -0.2) is 52.2 Å². The Morgan fingerprint density at radius 1 is 1.05 bits per heavy atom. The van der Waals surface area contributed by atoms with Gasteiger partial charge in [-0.1, -0.05) is 50.0 Å². The van der Waals surface area contributed by atoms with E-state index < -0.39 is 0 Å². The maximum atomic E-state index is 13.2. The van der Waals surface area contributed by atoms with Crippen LogP contribution in [0.1, 0.15) is 45.6 Å². The van der Waals surface area contributed by atoms with E-state index in [-0.39, 0.29) is 5.56 Å². The zero-order chi connectivity index (χ0) is 27.2. The first-order valence-corrected chi connectivity index (χ1v) is 14.2. The molecule has 0 saturated carbocycles. The highest BCUT2D eigenvalue weighted by Gasteiger charge is 2.21. The molecule has 1 N–H and O–H groups in total. The number of benzene rings is 1. The van der Waals surface area contributed by atoms with Gasteiger partial charge in [0.1, 0.15) is 5.65 Å². The number of hydrogen-bond donors (Lipinski definition) is 1. The lowest BCUT2D eigenvalue weighted by Gasteiger charge is -2.36. The van der Waals surface area contributed by atoms with Crippen LogP contribution in [0.3, 0.4) is 0 Å². The third-order valence-corrected chi connectivity index (χ3v) is 7.54. The summed E-state index contributed by atoms with van der Waals surface area (Å²) in [7, 11) is 1.70. The van der Waals surface area contributed by atoms with E-state index in [0.717, 1.165) is 43.7 Å². The lowest BCUT2D eigenvalue weighted by Crippen LogP contribution is -2.46. The molecule has 1 aromatic carbocycles. The molecule has 3 aromatic rings. The molecule has 0 atom stereocenters. The van der Waals surface area contributed by atoms with Gasteiger partial charge in [0.05, 0.1) is 5.56 Å². The summed E-state index contributed by atoms with van der Waals surface area (Å²) < 4.78 is 1.52. The minimum Gasteiger partial charge on any atom is -0.369 e. The van der Waals surface area contributed by atoms with E-state index >= 15 is 0 Å². The highest BCUT2D eigenvalue weighted by Crippen LogP contribution is 2.36. The normalized spacial score (nSPS) is 16.3. The van der Waals surface area contributed by atoms with E-state index in [2.05, 4.69) is 44.1 Å². The molecular weight excluding hydrogens is 519 g/mol. The third-order valence-electron chi connectivity index (χ3n) is 6.82. The monoisotopic (exact) mass is 554 g/mol. The zero-order valence-electron chi connectivity index (χ0n) is 22.6. The predicted octanol–water partition coefficient (Wildman–Crippen LogP) is 6.50. The molecule has 0 bridgehead atoms. The van der Waals surface area contributed by atoms with Crippen LogP contribution < -0.4 is 15.8 Å². The quantitative estimate of drug-likeness (QED) is 0.375. The lowest BCUT2D eigenvalue weighted by molar-refractivity contribution is 0.258. The van der Waals surface area contributed by atoms with Crippen molar-refractivity contribution in [3.63, 3.8) is 0 Å². The number of piperazine rings is 1. The van der Waals surface area contributed by atoms with E-state index in [0.29, 0.717) is 39.2 Å². The van der Waals surface area contributed by atoms with E-state index in [1.807, 2.05) is 32.1 Å². The van der Waals surface area contributed by atoms with Gasteiger partial charge < -0.3 is 10.2 Å². The van der Waals surface area contributed by atoms with E-state index in [1.54, 1.807) is 19.3 Å². The summed E-state index contributed by atoms with van der Waals surface area (Å²) in [6.07, 6.45) is 6.25. The van der Waals surface area contributed by atoms with Gasteiger partial charge in [-0.3, -0.25) is 14.3 Å². The van der Waals surface area contributed by atoms with Crippen LogP contribution >= 0.6 is 23.2 Å². The van der Waals surface area contributed by atoms with Gasteiger partial charge >= 0.3 is 0 Å². The molecule has 0 spiro atoms. The number of aromatic nitrogens is 3. The molecule has 38 heavy (non-hydrogen) atoms. The Balaban J connectivity index is 0.00000164. The number of nitrogens with one attached hydrogen (secondary N) is 1. The number of pyridine rings is 1. The minimum absolute atomic E-state index is 0.197. The van der Waals surface area contributed by atoms with Gasteiger partial charge in [0, 0.05) is 71.8 Å². The number of nitrogens with zero attached hydrogens (tertiary/aromatic N) is 5. The molecule has 0 unspecified atom stereocenters. The van der Waals surface area contributed by atoms with Crippen LogP contribution in [0.15, 0.2) is 57.5 Å². The van der Waals surface area contributed by atoms with Crippen LogP contribution in [-0.2, 0) is 7.05 Å². The highest BCUT2D eigenvalue weighted by atomic mass is 35.5. The Kier molecular flexibility index (Phi) is 9.47. The Hall–Kier alpha value is -2.87. The molecule has 2 aliphatic rings. The third kappa shape index (κ3) is 6.06. The van der Waals surface area contributed by atoms with E-state index in [1.165, 1.54) is 23.2 Å². The van der Waals surface area contributed by atoms with Gasteiger partial charge in [0.25, 0.3) is 5.56 Å². The summed E-state index contributed by atoms with van der Waals surface area (Å²) in [5, 5.41) is 5.11. The Morgan fingerprint density at radius 2 is 1.76 bits per heavy atom. The van der Waals surface area contributed by atoms with Crippen molar-refractivity contribution >= 4 is 57.1 Å². The average Bonchev–Trinajstić information content (AvgIpc) is 2.94. The Bertz CT molecular complexity index is 1390. The number of rotatable bonds is 6. The Labute approximate surface area is 234 Å². The molecule has 0 radical (unpaired) electrons. The summed E-state index contributed by atoms with van der Waals surface area (Å²) >= 11 is 12.8. The summed E-state index contributed by atoms with van der Waals surface area (Å²) in [6, 6.07) is 10.1. The highest BCUT2D eigenvalue weighted by molar-refractivity contribution is 6.42. The van der Waals surface area contributed by atoms with Gasteiger partial charge in [-0.25, -0.2) is 4.98 Å². The maximum Gasteiger partial charge on any atom is 0.259 e. The molecular formula is C29H36Cl2N6O. The average molecular weight is 556 g/mol. The second-order valence-corrected chi connectivity index (χ2v) is 10.1. The molecule has 1 aliphatic carbocycles. The SMILES string of the molecule is CC.CCCN1CCN(c2ccc(Nc3ncc4cc(C5=C(Cl)CCC=C5Cl)c(=O)n(C)c4n3)cc2)CC1. The van der Waals surface area contributed by atoms with Crippen LogP contribution in [0.4, 0.5) is 17.3 Å². The second-order valence-electron chi connectivity index (χ2n) is 9.27. The maximum absolute atomic E-state index is 13.2.